The van der Waals surface area contributed by atoms with Gasteiger partial charge in [-0.1, -0.05) is 42.4 Å². The predicted octanol–water partition coefficient (Wildman–Crippen LogP) is 4.37. The second-order valence-corrected chi connectivity index (χ2v) is 7.22. The maximum Gasteiger partial charge on any atom is 0.335 e. The molecule has 1 aliphatic heterocycles. The third-order valence-corrected chi connectivity index (χ3v) is 5.38. The summed E-state index contributed by atoms with van der Waals surface area (Å²) in [5.74, 6) is -0.698. The van der Waals surface area contributed by atoms with E-state index in [9.17, 15) is 9.59 Å². The fourth-order valence-electron chi connectivity index (χ4n) is 3.80. The van der Waals surface area contributed by atoms with Crippen LogP contribution in [0.1, 0.15) is 60.9 Å². The van der Waals surface area contributed by atoms with Crippen LogP contribution < -0.4 is 0 Å². The van der Waals surface area contributed by atoms with E-state index in [0.717, 1.165) is 18.4 Å². The van der Waals surface area contributed by atoms with Gasteiger partial charge in [-0.25, -0.2) is 4.79 Å². The van der Waals surface area contributed by atoms with Crippen LogP contribution in [0.2, 0.25) is 0 Å². The Bertz CT molecular complexity index is 695. The Morgan fingerprint density at radius 3 is 2.54 bits per heavy atom. The average molecular weight is 353 g/mol. The fourth-order valence-corrected chi connectivity index (χ4v) is 3.80. The number of benzene rings is 1. The van der Waals surface area contributed by atoms with Crippen LogP contribution in [-0.2, 0) is 11.2 Å². The SMILES string of the molecule is O=C(O)c1ccc(CCN2C(=O)CC[C@@H]2/C=C/C=C2CCCCC2)cc1. The molecule has 0 spiro atoms. The van der Waals surface area contributed by atoms with Gasteiger partial charge in [0.2, 0.25) is 5.91 Å². The molecule has 1 saturated heterocycles. The number of aromatic carboxylic acids is 1. The van der Waals surface area contributed by atoms with Crippen molar-refractivity contribution in [3.05, 3.63) is 59.2 Å². The van der Waals surface area contributed by atoms with Crippen LogP contribution in [0.5, 0.6) is 0 Å². The number of amides is 1. The Kier molecular flexibility index (Phi) is 6.26. The van der Waals surface area contributed by atoms with Gasteiger partial charge >= 0.3 is 5.97 Å². The normalized spacial score (nSPS) is 20.8. The minimum absolute atomic E-state index is 0.182. The second-order valence-electron chi connectivity index (χ2n) is 7.22. The number of carbonyl (C=O) groups excluding carboxylic acids is 1. The lowest BCUT2D eigenvalue weighted by atomic mass is 9.94. The van der Waals surface area contributed by atoms with Gasteiger partial charge in [-0.3, -0.25) is 4.79 Å². The maximum absolute atomic E-state index is 12.2. The van der Waals surface area contributed by atoms with Crippen LogP contribution >= 0.6 is 0 Å². The molecule has 0 radical (unpaired) electrons. The van der Waals surface area contributed by atoms with Gasteiger partial charge in [0, 0.05) is 13.0 Å². The largest absolute Gasteiger partial charge is 0.478 e. The summed E-state index contributed by atoms with van der Waals surface area (Å²) in [6.45, 7) is 0.677. The van der Waals surface area contributed by atoms with E-state index < -0.39 is 5.97 Å². The molecule has 1 aliphatic carbocycles. The summed E-state index contributed by atoms with van der Waals surface area (Å²) in [6.07, 6.45) is 15.2. The minimum Gasteiger partial charge on any atom is -0.478 e. The summed E-state index contributed by atoms with van der Waals surface area (Å²) >= 11 is 0. The Morgan fingerprint density at radius 1 is 1.12 bits per heavy atom. The molecular weight excluding hydrogens is 326 g/mol. The molecule has 2 aliphatic rings. The lowest BCUT2D eigenvalue weighted by Crippen LogP contribution is -2.33. The quantitative estimate of drug-likeness (QED) is 0.826. The number of likely N-dealkylation sites (tertiary alicyclic amines) is 1. The molecule has 2 fully saturated rings. The van der Waals surface area contributed by atoms with Crippen LogP contribution in [0, 0.1) is 0 Å². The zero-order chi connectivity index (χ0) is 18.4. The summed E-state index contributed by atoms with van der Waals surface area (Å²) in [5, 5.41) is 8.96. The van der Waals surface area contributed by atoms with Gasteiger partial charge in [-0.2, -0.15) is 0 Å². The Labute approximate surface area is 155 Å². The molecule has 1 N–H and O–H groups in total. The molecule has 1 saturated carbocycles. The van der Waals surface area contributed by atoms with E-state index in [2.05, 4.69) is 18.2 Å². The van der Waals surface area contributed by atoms with Crippen molar-refractivity contribution in [3.8, 4) is 0 Å². The molecule has 138 valence electrons. The number of nitrogens with zero attached hydrogens (tertiary/aromatic N) is 1. The van der Waals surface area contributed by atoms with Crippen molar-refractivity contribution in [1.82, 2.24) is 4.90 Å². The summed E-state index contributed by atoms with van der Waals surface area (Å²) < 4.78 is 0. The number of hydrogen-bond donors (Lipinski definition) is 1. The van der Waals surface area contributed by atoms with Gasteiger partial charge in [0.15, 0.2) is 0 Å². The average Bonchev–Trinajstić information content (AvgIpc) is 3.01. The van der Waals surface area contributed by atoms with Gasteiger partial charge in [0.1, 0.15) is 0 Å². The Hall–Kier alpha value is -2.36. The fraction of sp³-hybridized carbons (Fsp3) is 0.455. The summed E-state index contributed by atoms with van der Waals surface area (Å²) in [6, 6.07) is 7.10. The lowest BCUT2D eigenvalue weighted by Gasteiger charge is -2.22. The van der Waals surface area contributed by atoms with E-state index in [1.54, 1.807) is 12.1 Å². The van der Waals surface area contributed by atoms with E-state index in [1.165, 1.54) is 37.7 Å². The monoisotopic (exact) mass is 353 g/mol. The van der Waals surface area contributed by atoms with Crippen molar-refractivity contribution in [1.29, 1.82) is 0 Å². The predicted molar refractivity (Wildman–Crippen MR) is 102 cm³/mol. The zero-order valence-electron chi connectivity index (χ0n) is 15.2. The first-order valence-corrected chi connectivity index (χ1v) is 9.61. The van der Waals surface area contributed by atoms with Gasteiger partial charge in [0.05, 0.1) is 11.6 Å². The first-order valence-electron chi connectivity index (χ1n) is 9.61. The molecule has 26 heavy (non-hydrogen) atoms. The third-order valence-electron chi connectivity index (χ3n) is 5.38. The Morgan fingerprint density at radius 2 is 1.85 bits per heavy atom. The lowest BCUT2D eigenvalue weighted by molar-refractivity contribution is -0.128. The molecule has 1 aromatic carbocycles. The molecule has 1 atom stereocenters. The van der Waals surface area contributed by atoms with E-state index in [-0.39, 0.29) is 11.9 Å². The highest BCUT2D eigenvalue weighted by Crippen LogP contribution is 2.24. The van der Waals surface area contributed by atoms with E-state index in [0.29, 0.717) is 18.5 Å². The molecule has 1 aromatic rings. The molecule has 1 amide bonds. The highest BCUT2D eigenvalue weighted by atomic mass is 16.4. The molecule has 0 aromatic heterocycles. The van der Waals surface area contributed by atoms with Crippen molar-refractivity contribution in [2.75, 3.05) is 6.54 Å². The summed E-state index contributed by atoms with van der Waals surface area (Å²) in [5.41, 5.74) is 2.88. The van der Waals surface area contributed by atoms with Crippen LogP contribution in [0.4, 0.5) is 0 Å². The van der Waals surface area contributed by atoms with Gasteiger partial charge in [0.25, 0.3) is 0 Å². The van der Waals surface area contributed by atoms with Crippen molar-refractivity contribution in [2.45, 2.75) is 57.4 Å². The molecule has 0 bridgehead atoms. The van der Waals surface area contributed by atoms with Crippen molar-refractivity contribution in [3.63, 3.8) is 0 Å². The van der Waals surface area contributed by atoms with Crippen LogP contribution in [0.25, 0.3) is 0 Å². The number of carbonyl (C=O) groups is 2. The first-order chi connectivity index (χ1) is 12.6. The molecule has 1 heterocycles. The number of allylic oxidation sites excluding steroid dienone is 3. The van der Waals surface area contributed by atoms with Crippen molar-refractivity contribution >= 4 is 11.9 Å². The van der Waals surface area contributed by atoms with Gasteiger partial charge in [-0.05, 0) is 56.2 Å². The van der Waals surface area contributed by atoms with Gasteiger partial charge in [-0.15, -0.1) is 0 Å². The van der Waals surface area contributed by atoms with E-state index in [4.69, 9.17) is 5.11 Å². The number of carboxylic acid groups (broad SMARTS) is 1. The molecule has 4 nitrogen and oxygen atoms in total. The Balaban J connectivity index is 1.56. The standard InChI is InChI=1S/C22H27NO3/c24-21-14-13-20(8-4-7-17-5-2-1-3-6-17)23(21)16-15-18-9-11-19(12-10-18)22(25)26/h4,7-12,20H,1-3,5-6,13-16H2,(H,25,26)/b8-4+/t20-/m0/s1. The zero-order valence-corrected chi connectivity index (χ0v) is 15.2. The highest BCUT2D eigenvalue weighted by molar-refractivity contribution is 5.87. The van der Waals surface area contributed by atoms with E-state index in [1.807, 2.05) is 17.0 Å². The molecular formula is C22H27NO3. The highest BCUT2D eigenvalue weighted by Gasteiger charge is 2.28. The third kappa shape index (κ3) is 4.84. The van der Waals surface area contributed by atoms with Crippen molar-refractivity contribution in [2.24, 2.45) is 0 Å². The van der Waals surface area contributed by atoms with E-state index >= 15 is 0 Å². The molecule has 3 rings (SSSR count). The molecule has 0 unspecified atom stereocenters. The maximum atomic E-state index is 12.2. The second kappa shape index (κ2) is 8.84. The number of rotatable bonds is 6. The number of hydrogen-bond acceptors (Lipinski definition) is 2. The summed E-state index contributed by atoms with van der Waals surface area (Å²) in [4.78, 5) is 25.1. The number of carboxylic acids is 1. The van der Waals surface area contributed by atoms with Crippen LogP contribution in [0.15, 0.2) is 48.1 Å². The molecule has 4 heteroatoms. The van der Waals surface area contributed by atoms with Crippen molar-refractivity contribution < 1.29 is 14.7 Å². The summed E-state index contributed by atoms with van der Waals surface area (Å²) in [7, 11) is 0. The minimum atomic E-state index is -0.913. The van der Waals surface area contributed by atoms with Crippen LogP contribution in [0.3, 0.4) is 0 Å². The topological polar surface area (TPSA) is 57.6 Å². The van der Waals surface area contributed by atoms with Gasteiger partial charge < -0.3 is 10.0 Å². The van der Waals surface area contributed by atoms with Crippen LogP contribution in [-0.4, -0.2) is 34.5 Å². The smallest absolute Gasteiger partial charge is 0.335 e. The first kappa shape index (κ1) is 18.4.